The van der Waals surface area contributed by atoms with Crippen LogP contribution in [0.1, 0.15) is 38.5 Å². The topological polar surface area (TPSA) is 73.6 Å². The highest BCUT2D eigenvalue weighted by Crippen LogP contribution is 2.43. The molecule has 1 heterocycles. The van der Waals surface area contributed by atoms with Crippen molar-refractivity contribution in [2.24, 2.45) is 11.1 Å². The van der Waals surface area contributed by atoms with Crippen LogP contribution in [0, 0.1) is 5.41 Å². The fourth-order valence-corrected chi connectivity index (χ4v) is 2.92. The Morgan fingerprint density at radius 2 is 2.00 bits per heavy atom. The summed E-state index contributed by atoms with van der Waals surface area (Å²) >= 11 is 0. The van der Waals surface area contributed by atoms with Gasteiger partial charge in [0.2, 0.25) is 5.91 Å². The fraction of sp³-hybridized carbons (Fsp3) is 0.929. The number of hydrogen-bond donors (Lipinski definition) is 2. The first-order chi connectivity index (χ1) is 9.10. The Bertz CT molecular complexity index is 310. The Balaban J connectivity index is 1.81. The third kappa shape index (κ3) is 3.46. The monoisotopic (exact) mass is 270 g/mol. The van der Waals surface area contributed by atoms with Gasteiger partial charge in [-0.3, -0.25) is 4.79 Å². The summed E-state index contributed by atoms with van der Waals surface area (Å²) in [5, 5.41) is 3.07. The summed E-state index contributed by atoms with van der Waals surface area (Å²) in [6.45, 7) is 2.66. The largest absolute Gasteiger partial charge is 0.385 e. The van der Waals surface area contributed by atoms with Crippen molar-refractivity contribution in [1.82, 2.24) is 5.32 Å². The lowest BCUT2D eigenvalue weighted by Crippen LogP contribution is -2.58. The zero-order valence-electron chi connectivity index (χ0n) is 11.9. The maximum absolute atomic E-state index is 12.3. The molecule has 0 aromatic rings. The number of ether oxygens (including phenoxy) is 2. The Morgan fingerprint density at radius 3 is 2.53 bits per heavy atom. The molecule has 0 aromatic carbocycles. The molecule has 5 nitrogen and oxygen atoms in total. The SMILES string of the molecule is COCCC1(CNC(=O)C2(N)CCOCC2)CCC1. The minimum Gasteiger partial charge on any atom is -0.385 e. The number of hydrogen-bond acceptors (Lipinski definition) is 4. The Kier molecular flexibility index (Phi) is 4.81. The summed E-state index contributed by atoms with van der Waals surface area (Å²) in [5.41, 5.74) is 5.69. The molecule has 1 aliphatic carbocycles. The van der Waals surface area contributed by atoms with Gasteiger partial charge in [-0.2, -0.15) is 0 Å². The van der Waals surface area contributed by atoms with Gasteiger partial charge in [0.25, 0.3) is 0 Å². The van der Waals surface area contributed by atoms with Gasteiger partial charge in [-0.1, -0.05) is 6.42 Å². The highest BCUT2D eigenvalue weighted by atomic mass is 16.5. The molecule has 2 rings (SSSR count). The molecule has 2 aliphatic rings. The molecule has 1 amide bonds. The van der Waals surface area contributed by atoms with Crippen LogP contribution in [0.2, 0.25) is 0 Å². The number of amides is 1. The highest BCUT2D eigenvalue weighted by molar-refractivity contribution is 5.86. The summed E-state index contributed by atoms with van der Waals surface area (Å²) < 4.78 is 10.4. The third-order valence-electron chi connectivity index (χ3n) is 4.71. The fourth-order valence-electron chi connectivity index (χ4n) is 2.92. The maximum Gasteiger partial charge on any atom is 0.240 e. The first kappa shape index (κ1) is 14.8. The molecule has 110 valence electrons. The molecule has 0 spiro atoms. The molecule has 0 unspecified atom stereocenters. The smallest absolute Gasteiger partial charge is 0.240 e. The van der Waals surface area contributed by atoms with E-state index in [0.29, 0.717) is 26.1 Å². The second-order valence-corrected chi connectivity index (χ2v) is 6.05. The number of rotatable bonds is 6. The highest BCUT2D eigenvalue weighted by Gasteiger charge is 2.40. The number of carbonyl (C=O) groups is 1. The van der Waals surface area contributed by atoms with Crippen LogP contribution in [-0.2, 0) is 14.3 Å². The molecule has 1 saturated carbocycles. The van der Waals surface area contributed by atoms with Gasteiger partial charge >= 0.3 is 0 Å². The molecule has 1 saturated heterocycles. The first-order valence-corrected chi connectivity index (χ1v) is 7.24. The van der Waals surface area contributed by atoms with Crippen LogP contribution in [0.5, 0.6) is 0 Å². The molecule has 1 aliphatic heterocycles. The lowest BCUT2D eigenvalue weighted by molar-refractivity contribution is -0.130. The van der Waals surface area contributed by atoms with Crippen LogP contribution in [-0.4, -0.2) is 44.9 Å². The van der Waals surface area contributed by atoms with Gasteiger partial charge in [-0.05, 0) is 37.5 Å². The molecular weight excluding hydrogens is 244 g/mol. The summed E-state index contributed by atoms with van der Waals surface area (Å²) in [6, 6.07) is 0. The standard InChI is InChI=1S/C14H26N2O3/c1-18-8-5-13(3-2-4-13)11-16-12(17)14(15)6-9-19-10-7-14/h2-11,15H2,1H3,(H,16,17). The minimum absolute atomic E-state index is 0.0144. The van der Waals surface area contributed by atoms with Crippen LogP contribution in [0.15, 0.2) is 0 Å². The Morgan fingerprint density at radius 1 is 1.32 bits per heavy atom. The van der Waals surface area contributed by atoms with Crippen molar-refractivity contribution in [1.29, 1.82) is 0 Å². The van der Waals surface area contributed by atoms with E-state index in [2.05, 4.69) is 5.32 Å². The summed E-state index contributed by atoms with van der Waals surface area (Å²) in [7, 11) is 1.72. The van der Waals surface area contributed by atoms with Gasteiger partial charge in [-0.15, -0.1) is 0 Å². The molecular formula is C14H26N2O3. The second kappa shape index (κ2) is 6.20. The number of nitrogens with two attached hydrogens (primary N) is 1. The Labute approximate surface area is 115 Å². The van der Waals surface area contributed by atoms with Crippen molar-refractivity contribution >= 4 is 5.91 Å². The molecule has 2 fully saturated rings. The minimum atomic E-state index is -0.732. The van der Waals surface area contributed by atoms with Gasteiger partial charge < -0.3 is 20.5 Å². The molecule has 0 aromatic heterocycles. The predicted molar refractivity (Wildman–Crippen MR) is 72.8 cm³/mol. The van der Waals surface area contributed by atoms with Crippen molar-refractivity contribution < 1.29 is 14.3 Å². The van der Waals surface area contributed by atoms with Crippen molar-refractivity contribution in [2.75, 3.05) is 33.5 Å². The molecule has 3 N–H and O–H groups in total. The average Bonchev–Trinajstić information content (AvgIpc) is 2.37. The Hall–Kier alpha value is -0.650. The van der Waals surface area contributed by atoms with Crippen LogP contribution in [0.4, 0.5) is 0 Å². The van der Waals surface area contributed by atoms with Gasteiger partial charge in [-0.25, -0.2) is 0 Å². The van der Waals surface area contributed by atoms with E-state index in [9.17, 15) is 4.79 Å². The van der Waals surface area contributed by atoms with E-state index in [-0.39, 0.29) is 11.3 Å². The average molecular weight is 270 g/mol. The van der Waals surface area contributed by atoms with E-state index in [0.717, 1.165) is 19.6 Å². The molecule has 0 atom stereocenters. The molecule has 0 radical (unpaired) electrons. The van der Waals surface area contributed by atoms with Crippen LogP contribution >= 0.6 is 0 Å². The van der Waals surface area contributed by atoms with E-state index in [1.807, 2.05) is 0 Å². The van der Waals surface area contributed by atoms with E-state index in [1.165, 1.54) is 19.3 Å². The van der Waals surface area contributed by atoms with Gasteiger partial charge in [0, 0.05) is 33.5 Å². The number of nitrogens with one attached hydrogen (secondary N) is 1. The lowest BCUT2D eigenvalue weighted by Gasteiger charge is -2.43. The molecule has 0 bridgehead atoms. The van der Waals surface area contributed by atoms with E-state index in [1.54, 1.807) is 7.11 Å². The van der Waals surface area contributed by atoms with Crippen molar-refractivity contribution in [3.8, 4) is 0 Å². The van der Waals surface area contributed by atoms with Crippen molar-refractivity contribution in [3.05, 3.63) is 0 Å². The second-order valence-electron chi connectivity index (χ2n) is 6.05. The normalized spacial score (nSPS) is 24.5. The number of methoxy groups -OCH3 is 1. The zero-order chi connectivity index (χ0) is 13.8. The predicted octanol–water partition coefficient (Wildman–Crippen LogP) is 0.817. The van der Waals surface area contributed by atoms with Crippen LogP contribution in [0.3, 0.4) is 0 Å². The first-order valence-electron chi connectivity index (χ1n) is 7.24. The number of carbonyl (C=O) groups excluding carboxylic acids is 1. The van der Waals surface area contributed by atoms with E-state index < -0.39 is 5.54 Å². The van der Waals surface area contributed by atoms with E-state index in [4.69, 9.17) is 15.2 Å². The maximum atomic E-state index is 12.3. The zero-order valence-corrected chi connectivity index (χ0v) is 11.9. The van der Waals surface area contributed by atoms with Gasteiger partial charge in [0.1, 0.15) is 0 Å². The summed E-state index contributed by atoms with van der Waals surface area (Å²) in [6.07, 6.45) is 5.86. The van der Waals surface area contributed by atoms with Crippen molar-refractivity contribution in [2.45, 2.75) is 44.1 Å². The van der Waals surface area contributed by atoms with Gasteiger partial charge in [0.15, 0.2) is 0 Å². The molecule has 19 heavy (non-hydrogen) atoms. The lowest BCUT2D eigenvalue weighted by atomic mass is 9.66. The summed E-state index contributed by atoms with van der Waals surface area (Å²) in [5.74, 6) is -0.0144. The third-order valence-corrected chi connectivity index (χ3v) is 4.71. The van der Waals surface area contributed by atoms with Crippen molar-refractivity contribution in [3.63, 3.8) is 0 Å². The van der Waals surface area contributed by atoms with Crippen LogP contribution in [0.25, 0.3) is 0 Å². The summed E-state index contributed by atoms with van der Waals surface area (Å²) in [4.78, 5) is 12.3. The van der Waals surface area contributed by atoms with E-state index >= 15 is 0 Å². The van der Waals surface area contributed by atoms with Gasteiger partial charge in [0.05, 0.1) is 5.54 Å². The molecule has 5 heteroatoms. The van der Waals surface area contributed by atoms with Crippen LogP contribution < -0.4 is 11.1 Å². The quantitative estimate of drug-likeness (QED) is 0.749.